The summed E-state index contributed by atoms with van der Waals surface area (Å²) < 4.78 is 5.74. The number of nitrogens with one attached hydrogen (secondary N) is 2. The number of aromatic carboxylic acids is 1. The number of aliphatic imine (C=N–C) groups is 1. The van der Waals surface area contributed by atoms with Crippen LogP contribution in [0.2, 0.25) is 5.02 Å². The molecule has 1 aliphatic heterocycles. The third kappa shape index (κ3) is 4.16. The van der Waals surface area contributed by atoms with Gasteiger partial charge in [-0.25, -0.2) is 14.8 Å². The molecule has 0 aliphatic carbocycles. The number of fused-ring (bicyclic) bond motifs is 1. The van der Waals surface area contributed by atoms with E-state index >= 15 is 0 Å². The summed E-state index contributed by atoms with van der Waals surface area (Å²) in [5.74, 6) is -0.662. The van der Waals surface area contributed by atoms with Crippen LogP contribution in [0.1, 0.15) is 21.5 Å². The Labute approximate surface area is 193 Å². The van der Waals surface area contributed by atoms with Crippen molar-refractivity contribution in [1.29, 1.82) is 0 Å². The van der Waals surface area contributed by atoms with Crippen molar-refractivity contribution in [3.8, 4) is 23.0 Å². The average Bonchev–Trinajstić information content (AvgIpc) is 3.21. The molecular weight excluding hydrogens is 442 g/mol. The summed E-state index contributed by atoms with van der Waals surface area (Å²) in [6, 6.07) is 14.7. The third-order valence-corrected chi connectivity index (χ3v) is 5.56. The highest BCUT2D eigenvalue weighted by Gasteiger charge is 2.14. The lowest BCUT2D eigenvalue weighted by molar-refractivity contribution is 0.0695. The Balaban J connectivity index is 1.44. The molecule has 0 spiro atoms. The molecule has 164 valence electrons. The molecule has 8 nitrogen and oxygen atoms in total. The molecule has 3 heterocycles. The molecule has 33 heavy (non-hydrogen) atoms. The molecule has 1 aliphatic rings. The molecule has 5 rings (SSSR count). The quantitative estimate of drug-likeness (QED) is 0.385. The minimum absolute atomic E-state index is 0.169. The van der Waals surface area contributed by atoms with Crippen LogP contribution in [-0.4, -0.2) is 38.9 Å². The Morgan fingerprint density at radius 3 is 2.61 bits per heavy atom. The number of pyridine rings is 1. The molecule has 3 N–H and O–H groups in total. The molecular formula is C24H18ClN5O3. The first-order valence-electron chi connectivity index (χ1n) is 10.1. The molecule has 0 bridgehead atoms. The smallest absolute Gasteiger partial charge is 0.336 e. The molecule has 0 unspecified atom stereocenters. The molecule has 2 aromatic carbocycles. The number of halogens is 1. The fourth-order valence-electron chi connectivity index (χ4n) is 3.55. The molecule has 0 saturated carbocycles. The maximum atomic E-state index is 11.4. The first kappa shape index (κ1) is 20.7. The van der Waals surface area contributed by atoms with E-state index in [0.717, 1.165) is 23.2 Å². The lowest BCUT2D eigenvalue weighted by Crippen LogP contribution is -2.16. The maximum absolute atomic E-state index is 11.4. The van der Waals surface area contributed by atoms with Crippen LogP contribution >= 0.6 is 11.6 Å². The summed E-state index contributed by atoms with van der Waals surface area (Å²) in [5.41, 5.74) is 5.48. The predicted molar refractivity (Wildman–Crippen MR) is 127 cm³/mol. The van der Waals surface area contributed by atoms with Crippen LogP contribution in [0.4, 0.5) is 0 Å². The van der Waals surface area contributed by atoms with Crippen molar-refractivity contribution in [2.24, 2.45) is 4.99 Å². The van der Waals surface area contributed by atoms with E-state index in [-0.39, 0.29) is 11.6 Å². The number of hydrogen-bond acceptors (Lipinski definition) is 6. The van der Waals surface area contributed by atoms with E-state index in [1.165, 1.54) is 6.07 Å². The van der Waals surface area contributed by atoms with Gasteiger partial charge in [-0.15, -0.1) is 0 Å². The normalized spacial score (nSPS) is 13.0. The van der Waals surface area contributed by atoms with Crippen LogP contribution in [0.5, 0.6) is 11.8 Å². The lowest BCUT2D eigenvalue weighted by Gasteiger charge is -2.11. The molecule has 0 saturated heterocycles. The van der Waals surface area contributed by atoms with Crippen LogP contribution in [0.15, 0.2) is 59.7 Å². The van der Waals surface area contributed by atoms with E-state index in [9.17, 15) is 9.90 Å². The van der Waals surface area contributed by atoms with Gasteiger partial charge in [-0.2, -0.15) is 4.98 Å². The summed E-state index contributed by atoms with van der Waals surface area (Å²) >= 11 is 6.51. The standard InChI is InChI=1S/C24H18ClN5O3/c1-13-2-7-17(8-18(13)23(31)32)33-24-28-20-9-19(25)21(29-22(20)30-24)15-5-3-14(4-6-15)16-10-26-12-27-11-16/h2-10,12H,11H2,1H3,(H,26,27)(H,31,32)(H,28,29,30). The number of carboxylic acid groups (broad SMARTS) is 1. The van der Waals surface area contributed by atoms with Gasteiger partial charge in [-0.05, 0) is 41.8 Å². The van der Waals surface area contributed by atoms with Gasteiger partial charge in [0.15, 0.2) is 5.65 Å². The fourth-order valence-corrected chi connectivity index (χ4v) is 3.81. The second kappa shape index (κ2) is 8.40. The van der Waals surface area contributed by atoms with Gasteiger partial charge < -0.3 is 20.1 Å². The van der Waals surface area contributed by atoms with Gasteiger partial charge in [0.05, 0.1) is 28.1 Å². The highest BCUT2D eigenvalue weighted by Crippen LogP contribution is 2.31. The Hall–Kier alpha value is -4.17. The maximum Gasteiger partial charge on any atom is 0.336 e. The van der Waals surface area contributed by atoms with Crippen LogP contribution < -0.4 is 10.1 Å². The minimum Gasteiger partial charge on any atom is -0.478 e. The number of benzene rings is 2. The number of H-pyrrole nitrogens is 1. The Morgan fingerprint density at radius 1 is 1.09 bits per heavy atom. The van der Waals surface area contributed by atoms with Crippen molar-refractivity contribution < 1.29 is 14.6 Å². The van der Waals surface area contributed by atoms with Crippen molar-refractivity contribution in [1.82, 2.24) is 20.3 Å². The zero-order valence-corrected chi connectivity index (χ0v) is 18.2. The van der Waals surface area contributed by atoms with Gasteiger partial charge in [0.1, 0.15) is 5.75 Å². The summed E-state index contributed by atoms with van der Waals surface area (Å²) in [4.78, 5) is 27.5. The molecule has 2 aromatic heterocycles. The van der Waals surface area contributed by atoms with Gasteiger partial charge in [0.25, 0.3) is 0 Å². The largest absolute Gasteiger partial charge is 0.478 e. The van der Waals surface area contributed by atoms with E-state index in [1.54, 1.807) is 31.5 Å². The number of imidazole rings is 1. The van der Waals surface area contributed by atoms with E-state index < -0.39 is 5.97 Å². The number of aryl methyl sites for hydroxylation is 1. The van der Waals surface area contributed by atoms with Crippen LogP contribution in [0.3, 0.4) is 0 Å². The van der Waals surface area contributed by atoms with Gasteiger partial charge in [0, 0.05) is 18.3 Å². The summed E-state index contributed by atoms with van der Waals surface area (Å²) in [6.45, 7) is 2.45. The van der Waals surface area contributed by atoms with Gasteiger partial charge >= 0.3 is 12.0 Å². The summed E-state index contributed by atoms with van der Waals surface area (Å²) in [5, 5.41) is 12.9. The average molecular weight is 460 g/mol. The number of aromatic nitrogens is 3. The second-order valence-corrected chi connectivity index (χ2v) is 7.91. The molecule has 0 amide bonds. The van der Waals surface area contributed by atoms with Crippen LogP contribution in [-0.2, 0) is 0 Å². The molecule has 0 fully saturated rings. The van der Waals surface area contributed by atoms with Crippen molar-refractivity contribution >= 4 is 40.6 Å². The number of ether oxygens (including phenoxy) is 1. The number of nitrogens with zero attached hydrogens (tertiary/aromatic N) is 3. The highest BCUT2D eigenvalue weighted by atomic mass is 35.5. The number of aromatic amines is 1. The molecule has 4 aromatic rings. The van der Waals surface area contributed by atoms with Gasteiger partial charge in [-0.3, -0.25) is 0 Å². The third-order valence-electron chi connectivity index (χ3n) is 5.28. The predicted octanol–water partition coefficient (Wildman–Crippen LogP) is 5.05. The van der Waals surface area contributed by atoms with Crippen molar-refractivity contribution in [2.75, 3.05) is 6.54 Å². The van der Waals surface area contributed by atoms with Crippen molar-refractivity contribution in [3.05, 3.63) is 76.4 Å². The number of rotatable bonds is 5. The van der Waals surface area contributed by atoms with Crippen molar-refractivity contribution in [3.63, 3.8) is 0 Å². The first-order valence-corrected chi connectivity index (χ1v) is 10.5. The van der Waals surface area contributed by atoms with Crippen LogP contribution in [0, 0.1) is 6.92 Å². The molecule has 0 radical (unpaired) electrons. The summed E-state index contributed by atoms with van der Waals surface area (Å²) in [7, 11) is 0. The Kier molecular flexibility index (Phi) is 5.27. The van der Waals surface area contributed by atoms with Gasteiger partial charge in [-0.1, -0.05) is 41.9 Å². The number of carboxylic acids is 1. The van der Waals surface area contributed by atoms with Crippen molar-refractivity contribution in [2.45, 2.75) is 6.92 Å². The zero-order valence-electron chi connectivity index (χ0n) is 17.5. The summed E-state index contributed by atoms with van der Waals surface area (Å²) in [6.07, 6.45) is 3.50. The van der Waals surface area contributed by atoms with Gasteiger partial charge in [0.2, 0.25) is 0 Å². The van der Waals surface area contributed by atoms with E-state index in [4.69, 9.17) is 16.3 Å². The highest BCUT2D eigenvalue weighted by molar-refractivity contribution is 6.33. The first-order chi connectivity index (χ1) is 16.0. The van der Waals surface area contributed by atoms with E-state index in [1.807, 2.05) is 30.5 Å². The second-order valence-electron chi connectivity index (χ2n) is 7.51. The SMILES string of the molecule is Cc1ccc(Oc2nc3nc(-c4ccc(C5=CN=CNC5)cc4)c(Cl)cc3[nH]2)cc1C(=O)O. The zero-order chi connectivity index (χ0) is 22.9. The Bertz CT molecular complexity index is 1440. The number of carbonyl (C=O) groups is 1. The van der Waals surface area contributed by atoms with Crippen LogP contribution in [0.25, 0.3) is 28.0 Å². The lowest BCUT2D eigenvalue weighted by atomic mass is 10.0. The van der Waals surface area contributed by atoms with E-state index in [0.29, 0.717) is 33.2 Å². The monoisotopic (exact) mass is 459 g/mol. The topological polar surface area (TPSA) is 112 Å². The molecule has 0 atom stereocenters. The molecule has 9 heteroatoms. The number of hydrogen-bond donors (Lipinski definition) is 3. The Morgan fingerprint density at radius 2 is 1.88 bits per heavy atom. The fraction of sp³-hybridized carbons (Fsp3) is 0.0833. The minimum atomic E-state index is -1.02. The van der Waals surface area contributed by atoms with E-state index in [2.05, 4.69) is 25.3 Å².